The summed E-state index contributed by atoms with van der Waals surface area (Å²) in [4.78, 5) is 13.9. The molecule has 4 rings (SSSR count). The Morgan fingerprint density at radius 3 is 2.03 bits per heavy atom. The molecule has 1 N–H and O–H groups in total. The van der Waals surface area contributed by atoms with E-state index < -0.39 is 40.5 Å². The van der Waals surface area contributed by atoms with Gasteiger partial charge in [0.05, 0.1) is 12.8 Å². The van der Waals surface area contributed by atoms with E-state index in [2.05, 4.69) is 20.3 Å². The van der Waals surface area contributed by atoms with Crippen LogP contribution in [0.4, 0.5) is 23.2 Å². The smallest absolute Gasteiger partial charge is 0.261 e. The molecule has 0 radical (unpaired) electrons. The third kappa shape index (κ3) is 3.53. The fourth-order valence-corrected chi connectivity index (χ4v) is 3.17. The van der Waals surface area contributed by atoms with Crippen LogP contribution in [0.15, 0.2) is 36.4 Å². The van der Waals surface area contributed by atoms with Crippen LogP contribution >= 0.6 is 0 Å². The zero-order valence-corrected chi connectivity index (χ0v) is 17.1. The van der Waals surface area contributed by atoms with Gasteiger partial charge in [-0.2, -0.15) is 13.6 Å². The average Bonchev–Trinajstić information content (AvgIpc) is 3.16. The number of benzene rings is 3. The molecule has 32 heavy (non-hydrogen) atoms. The minimum absolute atomic E-state index is 0.147. The normalized spacial score (nSPS) is 11.1. The summed E-state index contributed by atoms with van der Waals surface area (Å²) >= 11 is 0. The van der Waals surface area contributed by atoms with E-state index in [0.717, 1.165) is 12.7 Å². The predicted octanol–water partition coefficient (Wildman–Crippen LogP) is 4.85. The first-order valence-electron chi connectivity index (χ1n) is 9.37. The highest BCUT2D eigenvalue weighted by Gasteiger charge is 2.30. The first-order chi connectivity index (χ1) is 15.2. The van der Waals surface area contributed by atoms with Crippen LogP contribution in [0.3, 0.4) is 0 Å². The quantitative estimate of drug-likeness (QED) is 0.361. The number of hydrogen-bond donors (Lipinski definition) is 1. The van der Waals surface area contributed by atoms with Crippen LogP contribution in [-0.4, -0.2) is 28.0 Å². The molecule has 6 nitrogen and oxygen atoms in total. The number of aryl methyl sites for hydroxylation is 2. The standard InChI is InChI=1S/C22H16F4N4O2/c1-10-4-6-12(7-5-10)30-28-14-8-11(2)13(9-15(14)29-30)27-22(31)16-17(23)19(25)21(32-3)20(26)18(16)24/h4-9H,1-3H3,(H,27,31). The van der Waals surface area contributed by atoms with Crippen molar-refractivity contribution in [2.24, 2.45) is 0 Å². The lowest BCUT2D eigenvalue weighted by atomic mass is 10.1. The maximum absolute atomic E-state index is 14.3. The number of carbonyl (C=O) groups excluding carboxylic acids is 1. The van der Waals surface area contributed by atoms with E-state index in [1.807, 2.05) is 31.2 Å². The van der Waals surface area contributed by atoms with Gasteiger partial charge in [0.15, 0.2) is 17.4 Å². The predicted molar refractivity (Wildman–Crippen MR) is 109 cm³/mol. The van der Waals surface area contributed by atoms with E-state index in [9.17, 15) is 22.4 Å². The number of hydrogen-bond acceptors (Lipinski definition) is 4. The number of rotatable bonds is 4. The zero-order valence-electron chi connectivity index (χ0n) is 17.1. The van der Waals surface area contributed by atoms with Crippen LogP contribution < -0.4 is 10.1 Å². The molecule has 164 valence electrons. The Morgan fingerprint density at radius 2 is 1.47 bits per heavy atom. The van der Waals surface area contributed by atoms with Crippen molar-refractivity contribution < 1.29 is 27.1 Å². The highest BCUT2D eigenvalue weighted by molar-refractivity contribution is 6.06. The Morgan fingerprint density at radius 1 is 0.906 bits per heavy atom. The monoisotopic (exact) mass is 444 g/mol. The van der Waals surface area contributed by atoms with Crippen LogP contribution in [0.2, 0.25) is 0 Å². The van der Waals surface area contributed by atoms with Gasteiger partial charge in [0.25, 0.3) is 5.91 Å². The lowest BCUT2D eigenvalue weighted by Gasteiger charge is -2.12. The summed E-state index contributed by atoms with van der Waals surface area (Å²) in [5.74, 6) is -9.94. The van der Waals surface area contributed by atoms with E-state index in [1.165, 1.54) is 10.9 Å². The van der Waals surface area contributed by atoms with Crippen LogP contribution in [0, 0.1) is 37.1 Å². The van der Waals surface area contributed by atoms with Crippen LogP contribution in [0.1, 0.15) is 21.5 Å². The topological polar surface area (TPSA) is 69.0 Å². The van der Waals surface area contributed by atoms with Gasteiger partial charge in [-0.3, -0.25) is 4.79 Å². The van der Waals surface area contributed by atoms with Crippen molar-refractivity contribution in [2.75, 3.05) is 12.4 Å². The third-order valence-corrected chi connectivity index (χ3v) is 4.89. The molecule has 0 fully saturated rings. The van der Waals surface area contributed by atoms with Crippen molar-refractivity contribution in [1.82, 2.24) is 15.0 Å². The molecule has 0 spiro atoms. The van der Waals surface area contributed by atoms with E-state index in [4.69, 9.17) is 0 Å². The third-order valence-electron chi connectivity index (χ3n) is 4.89. The molecular weight excluding hydrogens is 428 g/mol. The number of carbonyl (C=O) groups is 1. The minimum Gasteiger partial charge on any atom is -0.491 e. The van der Waals surface area contributed by atoms with E-state index in [1.54, 1.807) is 13.0 Å². The minimum atomic E-state index is -1.86. The molecule has 0 unspecified atom stereocenters. The summed E-state index contributed by atoms with van der Waals surface area (Å²) in [7, 11) is 0.850. The number of anilines is 1. The molecule has 0 saturated carbocycles. The highest BCUT2D eigenvalue weighted by atomic mass is 19.2. The van der Waals surface area contributed by atoms with E-state index in [0.29, 0.717) is 22.3 Å². The Balaban J connectivity index is 1.71. The second-order valence-corrected chi connectivity index (χ2v) is 7.10. The number of fused-ring (bicyclic) bond motifs is 1. The molecule has 0 aliphatic rings. The van der Waals surface area contributed by atoms with Crippen molar-refractivity contribution in [3.05, 3.63) is 76.4 Å². The molecule has 0 atom stereocenters. The molecule has 0 saturated heterocycles. The van der Waals surface area contributed by atoms with Crippen molar-refractivity contribution in [3.63, 3.8) is 0 Å². The van der Waals surface area contributed by atoms with Crippen LogP contribution in [-0.2, 0) is 0 Å². The number of aromatic nitrogens is 3. The maximum Gasteiger partial charge on any atom is 0.261 e. The van der Waals surface area contributed by atoms with Crippen molar-refractivity contribution >= 4 is 22.6 Å². The summed E-state index contributed by atoms with van der Waals surface area (Å²) < 4.78 is 60.8. The molecule has 0 aliphatic carbocycles. The van der Waals surface area contributed by atoms with Gasteiger partial charge in [0.2, 0.25) is 11.6 Å². The fraction of sp³-hybridized carbons (Fsp3) is 0.136. The summed E-state index contributed by atoms with van der Waals surface area (Å²) in [6.45, 7) is 3.57. The van der Waals surface area contributed by atoms with Crippen molar-refractivity contribution in [3.8, 4) is 11.4 Å². The number of amides is 1. The summed E-state index contributed by atoms with van der Waals surface area (Å²) in [5, 5.41) is 11.0. The molecular formula is C22H16F4N4O2. The molecule has 3 aromatic carbocycles. The van der Waals surface area contributed by atoms with Gasteiger partial charge in [-0.1, -0.05) is 17.7 Å². The second-order valence-electron chi connectivity index (χ2n) is 7.10. The number of halogens is 4. The molecule has 1 amide bonds. The molecule has 1 heterocycles. The Bertz CT molecular complexity index is 1340. The van der Waals surface area contributed by atoms with Gasteiger partial charge in [0.1, 0.15) is 16.6 Å². The van der Waals surface area contributed by atoms with Gasteiger partial charge in [-0.05, 0) is 43.7 Å². The van der Waals surface area contributed by atoms with E-state index in [-0.39, 0.29) is 5.69 Å². The molecule has 0 aliphatic heterocycles. The molecule has 10 heteroatoms. The largest absolute Gasteiger partial charge is 0.491 e. The summed E-state index contributed by atoms with van der Waals surface area (Å²) in [6, 6.07) is 10.5. The average molecular weight is 444 g/mol. The van der Waals surface area contributed by atoms with Gasteiger partial charge in [0, 0.05) is 5.69 Å². The first kappa shape index (κ1) is 21.3. The lowest BCUT2D eigenvalue weighted by Crippen LogP contribution is -2.19. The Kier molecular flexibility index (Phi) is 5.29. The van der Waals surface area contributed by atoms with Gasteiger partial charge in [-0.25, -0.2) is 8.78 Å². The first-order valence-corrected chi connectivity index (χ1v) is 9.37. The Hall–Kier alpha value is -3.95. The highest BCUT2D eigenvalue weighted by Crippen LogP contribution is 2.31. The number of methoxy groups -OCH3 is 1. The van der Waals surface area contributed by atoms with Crippen molar-refractivity contribution in [2.45, 2.75) is 13.8 Å². The van der Waals surface area contributed by atoms with Gasteiger partial charge < -0.3 is 10.1 Å². The van der Waals surface area contributed by atoms with Crippen LogP contribution in [0.5, 0.6) is 5.75 Å². The van der Waals surface area contributed by atoms with Gasteiger partial charge >= 0.3 is 0 Å². The zero-order chi connectivity index (χ0) is 23.2. The number of ether oxygens (including phenoxy) is 1. The van der Waals surface area contributed by atoms with Crippen LogP contribution in [0.25, 0.3) is 16.7 Å². The SMILES string of the molecule is COc1c(F)c(F)c(C(=O)Nc2cc3nn(-c4ccc(C)cc4)nc3cc2C)c(F)c1F. The number of nitrogens with one attached hydrogen (secondary N) is 1. The van der Waals surface area contributed by atoms with Gasteiger partial charge in [-0.15, -0.1) is 10.2 Å². The number of nitrogens with zero attached hydrogens (tertiary/aromatic N) is 3. The second kappa shape index (κ2) is 7.95. The summed E-state index contributed by atoms with van der Waals surface area (Å²) in [6.07, 6.45) is 0. The lowest BCUT2D eigenvalue weighted by molar-refractivity contribution is 0.101. The van der Waals surface area contributed by atoms with Crippen molar-refractivity contribution in [1.29, 1.82) is 0 Å². The molecule has 0 bridgehead atoms. The molecule has 4 aromatic rings. The summed E-state index contributed by atoms with van der Waals surface area (Å²) in [5.41, 5.74) is 1.93. The van der Waals surface area contributed by atoms with E-state index >= 15 is 0 Å². The molecule has 1 aromatic heterocycles. The fourth-order valence-electron chi connectivity index (χ4n) is 3.17. The Labute approximate surface area is 179 Å². The maximum atomic E-state index is 14.3.